The first kappa shape index (κ1) is 17.9. The number of allylic oxidation sites excluding steroid dienone is 1. The quantitative estimate of drug-likeness (QED) is 0.275. The molecule has 3 aromatic rings. The van der Waals surface area contributed by atoms with Gasteiger partial charge >= 0.3 is 0 Å². The van der Waals surface area contributed by atoms with Gasteiger partial charge in [-0.1, -0.05) is 39.7 Å². The Hall–Kier alpha value is -2.88. The second-order valence-corrected chi connectivity index (χ2v) is 6.65. The number of furan rings is 1. The second kappa shape index (κ2) is 7.56. The van der Waals surface area contributed by atoms with Crippen LogP contribution in [0.25, 0.3) is 23.0 Å². The predicted molar refractivity (Wildman–Crippen MR) is 103 cm³/mol. The lowest BCUT2D eigenvalue weighted by molar-refractivity contribution is -0.384. The van der Waals surface area contributed by atoms with Gasteiger partial charge in [-0.25, -0.2) is 0 Å². The van der Waals surface area contributed by atoms with Gasteiger partial charge in [0.2, 0.25) is 0 Å². The lowest BCUT2D eigenvalue weighted by Gasteiger charge is -2.01. The largest absolute Gasteiger partial charge is 0.456 e. The van der Waals surface area contributed by atoms with Gasteiger partial charge in [0.05, 0.1) is 22.1 Å². The maximum Gasteiger partial charge on any atom is 0.281 e. The van der Waals surface area contributed by atoms with Crippen LogP contribution in [-0.2, 0) is 0 Å². The molecular formula is C19H10BrClN2O3. The fraction of sp³-hybridized carbons (Fsp3) is 0. The smallest absolute Gasteiger partial charge is 0.281 e. The van der Waals surface area contributed by atoms with Gasteiger partial charge in [0.25, 0.3) is 5.69 Å². The second-order valence-electron chi connectivity index (χ2n) is 5.30. The van der Waals surface area contributed by atoms with E-state index < -0.39 is 4.92 Å². The van der Waals surface area contributed by atoms with Crippen LogP contribution in [0.15, 0.2) is 63.5 Å². The number of benzene rings is 2. The number of nitrogens with zero attached hydrogens (tertiary/aromatic N) is 2. The molecule has 0 spiro atoms. The molecule has 2 aromatic carbocycles. The van der Waals surface area contributed by atoms with Gasteiger partial charge in [-0.2, -0.15) is 5.26 Å². The lowest BCUT2D eigenvalue weighted by atomic mass is 10.1. The van der Waals surface area contributed by atoms with Crippen molar-refractivity contribution in [2.24, 2.45) is 0 Å². The first-order valence-corrected chi connectivity index (χ1v) is 8.57. The first-order chi connectivity index (χ1) is 12.5. The number of nitro groups is 1. The molecule has 5 nitrogen and oxygen atoms in total. The highest BCUT2D eigenvalue weighted by Gasteiger charge is 2.18. The van der Waals surface area contributed by atoms with Gasteiger partial charge in [-0.05, 0) is 48.0 Å². The van der Waals surface area contributed by atoms with E-state index in [1.54, 1.807) is 54.6 Å². The van der Waals surface area contributed by atoms with E-state index in [1.165, 1.54) is 6.07 Å². The predicted octanol–water partition coefficient (Wildman–Crippen LogP) is 6.33. The number of nitriles is 1. The molecule has 0 N–H and O–H groups in total. The normalized spacial score (nSPS) is 11.2. The van der Waals surface area contributed by atoms with E-state index in [0.717, 1.165) is 0 Å². The molecule has 0 saturated heterocycles. The molecule has 0 aliphatic rings. The highest BCUT2D eigenvalue weighted by Crippen LogP contribution is 2.34. The molecule has 3 rings (SSSR count). The van der Waals surface area contributed by atoms with E-state index in [-0.39, 0.29) is 5.69 Å². The standard InChI is InChI=1S/C19H10BrClN2O3/c20-14-3-7-17(18(10-14)23(24)25)19-8-6-16(26-19)9-13(11-22)12-1-4-15(21)5-2-12/h1-10H/b13-9-. The number of halogens is 2. The molecule has 0 atom stereocenters. The summed E-state index contributed by atoms with van der Waals surface area (Å²) in [5, 5.41) is 21.2. The van der Waals surface area contributed by atoms with Gasteiger partial charge in [-0.15, -0.1) is 0 Å². The van der Waals surface area contributed by atoms with Crippen molar-refractivity contribution in [3.05, 3.63) is 85.5 Å². The zero-order valence-electron chi connectivity index (χ0n) is 13.1. The van der Waals surface area contributed by atoms with Gasteiger partial charge in [0.15, 0.2) is 0 Å². The minimum absolute atomic E-state index is 0.0672. The molecule has 0 bridgehead atoms. The molecular weight excluding hydrogens is 420 g/mol. The Balaban J connectivity index is 1.99. The van der Waals surface area contributed by atoms with E-state index in [2.05, 4.69) is 22.0 Å². The van der Waals surface area contributed by atoms with Crippen molar-refractivity contribution in [1.82, 2.24) is 0 Å². The summed E-state index contributed by atoms with van der Waals surface area (Å²) in [5.74, 6) is 0.771. The van der Waals surface area contributed by atoms with Crippen molar-refractivity contribution in [3.8, 4) is 17.4 Å². The number of rotatable bonds is 4. The highest BCUT2D eigenvalue weighted by atomic mass is 79.9. The highest BCUT2D eigenvalue weighted by molar-refractivity contribution is 9.10. The van der Waals surface area contributed by atoms with Crippen LogP contribution in [-0.4, -0.2) is 4.92 Å². The van der Waals surface area contributed by atoms with Crippen LogP contribution in [0.1, 0.15) is 11.3 Å². The maximum absolute atomic E-state index is 11.3. The van der Waals surface area contributed by atoms with Crippen LogP contribution < -0.4 is 0 Å². The van der Waals surface area contributed by atoms with Gasteiger partial charge in [0, 0.05) is 15.6 Å². The van der Waals surface area contributed by atoms with Crippen molar-refractivity contribution in [1.29, 1.82) is 5.26 Å². The average molecular weight is 430 g/mol. The van der Waals surface area contributed by atoms with Gasteiger partial charge in [-0.3, -0.25) is 10.1 Å². The van der Waals surface area contributed by atoms with Crippen molar-refractivity contribution in [3.63, 3.8) is 0 Å². The van der Waals surface area contributed by atoms with Gasteiger partial charge < -0.3 is 4.42 Å². The fourth-order valence-electron chi connectivity index (χ4n) is 2.39. The summed E-state index contributed by atoms with van der Waals surface area (Å²) in [5.41, 5.74) is 1.39. The summed E-state index contributed by atoms with van der Waals surface area (Å²) >= 11 is 9.09. The summed E-state index contributed by atoms with van der Waals surface area (Å²) < 4.78 is 6.31. The van der Waals surface area contributed by atoms with Crippen LogP contribution in [0.3, 0.4) is 0 Å². The molecule has 0 aliphatic heterocycles. The molecule has 0 fully saturated rings. The van der Waals surface area contributed by atoms with E-state index in [4.69, 9.17) is 16.0 Å². The van der Waals surface area contributed by atoms with Gasteiger partial charge in [0.1, 0.15) is 11.5 Å². The Bertz CT molecular complexity index is 1050. The molecule has 1 aromatic heterocycles. The molecule has 0 saturated carbocycles. The fourth-order valence-corrected chi connectivity index (χ4v) is 2.87. The third kappa shape index (κ3) is 3.85. The minimum atomic E-state index is -0.466. The summed E-state index contributed by atoms with van der Waals surface area (Å²) in [4.78, 5) is 10.8. The SMILES string of the molecule is N#C/C(=C/c1ccc(-c2ccc(Br)cc2[N+](=O)[O-])o1)c1ccc(Cl)cc1. The molecule has 0 aliphatic carbocycles. The molecule has 7 heteroatoms. The topological polar surface area (TPSA) is 80.1 Å². The van der Waals surface area contributed by atoms with Crippen LogP contribution in [0.5, 0.6) is 0 Å². The monoisotopic (exact) mass is 428 g/mol. The van der Waals surface area contributed by atoms with E-state index in [0.29, 0.717) is 37.7 Å². The number of nitro benzene ring substituents is 1. The molecule has 26 heavy (non-hydrogen) atoms. The summed E-state index contributed by atoms with van der Waals surface area (Å²) in [7, 11) is 0. The molecule has 1 heterocycles. The zero-order chi connectivity index (χ0) is 18.7. The molecule has 128 valence electrons. The maximum atomic E-state index is 11.3. The van der Waals surface area contributed by atoms with Crippen molar-refractivity contribution >= 4 is 44.9 Å². The third-order valence-electron chi connectivity index (χ3n) is 3.61. The number of hydrogen-bond donors (Lipinski definition) is 0. The Labute approximate surface area is 162 Å². The van der Waals surface area contributed by atoms with Crippen LogP contribution in [0.4, 0.5) is 5.69 Å². The summed E-state index contributed by atoms with van der Waals surface area (Å²) in [6.07, 6.45) is 1.58. The Kier molecular flexibility index (Phi) is 5.21. The van der Waals surface area contributed by atoms with E-state index in [1.807, 2.05) is 0 Å². The average Bonchev–Trinajstić information content (AvgIpc) is 3.09. The van der Waals surface area contributed by atoms with Crippen molar-refractivity contribution in [2.45, 2.75) is 0 Å². The summed E-state index contributed by atoms with van der Waals surface area (Å²) in [6.45, 7) is 0. The minimum Gasteiger partial charge on any atom is -0.456 e. The van der Waals surface area contributed by atoms with Crippen LogP contribution >= 0.6 is 27.5 Å². The molecule has 0 unspecified atom stereocenters. The Morgan fingerprint density at radius 3 is 2.58 bits per heavy atom. The van der Waals surface area contributed by atoms with E-state index in [9.17, 15) is 15.4 Å². The Morgan fingerprint density at radius 1 is 1.19 bits per heavy atom. The number of hydrogen-bond acceptors (Lipinski definition) is 4. The zero-order valence-corrected chi connectivity index (χ0v) is 15.5. The summed E-state index contributed by atoms with van der Waals surface area (Å²) in [6, 6.07) is 17.0. The molecule has 0 amide bonds. The first-order valence-electron chi connectivity index (χ1n) is 7.40. The van der Waals surface area contributed by atoms with Crippen molar-refractivity contribution in [2.75, 3.05) is 0 Å². The van der Waals surface area contributed by atoms with Crippen LogP contribution in [0.2, 0.25) is 5.02 Å². The lowest BCUT2D eigenvalue weighted by Crippen LogP contribution is -1.91. The van der Waals surface area contributed by atoms with Crippen LogP contribution in [0, 0.1) is 21.4 Å². The molecule has 0 radical (unpaired) electrons. The van der Waals surface area contributed by atoms with Crippen molar-refractivity contribution < 1.29 is 9.34 Å². The van der Waals surface area contributed by atoms with E-state index >= 15 is 0 Å². The third-order valence-corrected chi connectivity index (χ3v) is 4.36. The Morgan fingerprint density at radius 2 is 1.92 bits per heavy atom.